The van der Waals surface area contributed by atoms with E-state index in [1.54, 1.807) is 19.2 Å². The SMILES string of the molecule is COc1cc(CNC2CCCCCC2)cc(Br)c1OCC(O)c1ccc2c(c1)OCO2. The molecule has 2 aliphatic rings. The molecular formula is C24H30BrNO5. The third kappa shape index (κ3) is 5.64. The van der Waals surface area contributed by atoms with E-state index in [-0.39, 0.29) is 13.4 Å². The van der Waals surface area contributed by atoms with E-state index in [1.165, 1.54) is 38.5 Å². The molecule has 31 heavy (non-hydrogen) atoms. The summed E-state index contributed by atoms with van der Waals surface area (Å²) in [5.74, 6) is 2.56. The zero-order chi connectivity index (χ0) is 21.6. The number of nitrogens with one attached hydrogen (secondary N) is 1. The van der Waals surface area contributed by atoms with Crippen LogP contribution in [-0.2, 0) is 6.54 Å². The van der Waals surface area contributed by atoms with Crippen molar-refractivity contribution >= 4 is 15.9 Å². The summed E-state index contributed by atoms with van der Waals surface area (Å²) in [5.41, 5.74) is 1.85. The Labute approximate surface area is 192 Å². The molecule has 2 aromatic rings. The fraction of sp³-hybridized carbons (Fsp3) is 0.500. The standard InChI is InChI=1S/C24H30BrNO5/c1-28-23-11-16(13-26-18-6-4-2-3-5-7-18)10-19(25)24(23)29-14-20(27)17-8-9-21-22(12-17)31-15-30-21/h8-12,18,20,26-27H,2-7,13-15H2,1H3. The number of methoxy groups -OCH3 is 1. The number of benzene rings is 2. The molecule has 168 valence electrons. The van der Waals surface area contributed by atoms with Gasteiger partial charge in [0.05, 0.1) is 11.6 Å². The minimum absolute atomic E-state index is 0.0915. The molecule has 0 amide bonds. The summed E-state index contributed by atoms with van der Waals surface area (Å²) in [6, 6.07) is 10.0. The highest BCUT2D eigenvalue weighted by atomic mass is 79.9. The molecule has 1 atom stereocenters. The Morgan fingerprint density at radius 3 is 2.65 bits per heavy atom. The van der Waals surface area contributed by atoms with Crippen molar-refractivity contribution in [2.75, 3.05) is 20.5 Å². The van der Waals surface area contributed by atoms with Gasteiger partial charge in [0.2, 0.25) is 6.79 Å². The normalized spacial score (nSPS) is 17.3. The number of hydrogen-bond donors (Lipinski definition) is 2. The fourth-order valence-corrected chi connectivity index (χ4v) is 4.74. The van der Waals surface area contributed by atoms with E-state index < -0.39 is 6.10 Å². The molecule has 0 saturated heterocycles. The van der Waals surface area contributed by atoms with Crippen LogP contribution in [0.5, 0.6) is 23.0 Å². The molecule has 1 saturated carbocycles. The van der Waals surface area contributed by atoms with Gasteiger partial charge in [0, 0.05) is 12.6 Å². The lowest BCUT2D eigenvalue weighted by Crippen LogP contribution is -2.27. The Morgan fingerprint density at radius 2 is 1.87 bits per heavy atom. The largest absolute Gasteiger partial charge is 0.493 e. The van der Waals surface area contributed by atoms with E-state index in [9.17, 15) is 5.11 Å². The average molecular weight is 492 g/mol. The Kier molecular flexibility index (Phi) is 7.58. The topological polar surface area (TPSA) is 69.2 Å². The monoisotopic (exact) mass is 491 g/mol. The predicted octanol–water partition coefficient (Wildman–Crippen LogP) is 5.11. The summed E-state index contributed by atoms with van der Waals surface area (Å²) in [4.78, 5) is 0. The van der Waals surface area contributed by atoms with Crippen molar-refractivity contribution in [2.45, 2.75) is 57.2 Å². The number of aliphatic hydroxyl groups is 1. The van der Waals surface area contributed by atoms with Gasteiger partial charge in [0.25, 0.3) is 0 Å². The highest BCUT2D eigenvalue weighted by Crippen LogP contribution is 2.38. The third-order valence-corrected chi connectivity index (χ3v) is 6.50. The van der Waals surface area contributed by atoms with Gasteiger partial charge in [-0.15, -0.1) is 0 Å². The lowest BCUT2D eigenvalue weighted by atomic mass is 10.1. The maximum atomic E-state index is 10.6. The van der Waals surface area contributed by atoms with Gasteiger partial charge in [-0.25, -0.2) is 0 Å². The Hall–Kier alpha value is -1.96. The number of halogens is 1. The molecule has 1 fully saturated rings. The first kappa shape index (κ1) is 22.2. The van der Waals surface area contributed by atoms with Crippen molar-refractivity contribution in [1.29, 1.82) is 0 Å². The van der Waals surface area contributed by atoms with Gasteiger partial charge in [-0.3, -0.25) is 0 Å². The van der Waals surface area contributed by atoms with Gasteiger partial charge in [-0.05, 0) is 64.2 Å². The molecule has 1 heterocycles. The first-order chi connectivity index (χ1) is 15.1. The predicted molar refractivity (Wildman–Crippen MR) is 122 cm³/mol. The Morgan fingerprint density at radius 1 is 1.10 bits per heavy atom. The molecule has 1 aliphatic heterocycles. The van der Waals surface area contributed by atoms with E-state index >= 15 is 0 Å². The van der Waals surface area contributed by atoms with Crippen molar-refractivity contribution in [3.63, 3.8) is 0 Å². The zero-order valence-corrected chi connectivity index (χ0v) is 19.4. The molecule has 7 heteroatoms. The summed E-state index contributed by atoms with van der Waals surface area (Å²) in [7, 11) is 1.63. The lowest BCUT2D eigenvalue weighted by Gasteiger charge is -2.19. The second-order valence-corrected chi connectivity index (χ2v) is 8.97. The van der Waals surface area contributed by atoms with Gasteiger partial charge >= 0.3 is 0 Å². The lowest BCUT2D eigenvalue weighted by molar-refractivity contribution is 0.105. The molecule has 0 bridgehead atoms. The van der Waals surface area contributed by atoms with Crippen LogP contribution in [0.15, 0.2) is 34.8 Å². The highest BCUT2D eigenvalue weighted by molar-refractivity contribution is 9.10. The Balaban J connectivity index is 1.38. The summed E-state index contributed by atoms with van der Waals surface area (Å²) in [6.07, 6.45) is 7.01. The van der Waals surface area contributed by atoms with Gasteiger partial charge < -0.3 is 29.4 Å². The first-order valence-electron chi connectivity index (χ1n) is 10.9. The van der Waals surface area contributed by atoms with Crippen molar-refractivity contribution in [2.24, 2.45) is 0 Å². The van der Waals surface area contributed by atoms with Crippen LogP contribution in [-0.4, -0.2) is 31.7 Å². The van der Waals surface area contributed by atoms with Crippen molar-refractivity contribution in [3.8, 4) is 23.0 Å². The summed E-state index contributed by atoms with van der Waals surface area (Å²) >= 11 is 3.61. The Bertz CT molecular complexity index is 883. The van der Waals surface area contributed by atoms with Gasteiger partial charge in [0.15, 0.2) is 23.0 Å². The molecule has 4 rings (SSSR count). The molecule has 2 aromatic carbocycles. The van der Waals surface area contributed by atoms with Crippen LogP contribution < -0.4 is 24.3 Å². The van der Waals surface area contributed by atoms with Crippen LogP contribution in [0.4, 0.5) is 0 Å². The van der Waals surface area contributed by atoms with Crippen LogP contribution in [0.1, 0.15) is 55.8 Å². The van der Waals surface area contributed by atoms with Crippen LogP contribution in [0.2, 0.25) is 0 Å². The second-order valence-electron chi connectivity index (χ2n) is 8.12. The molecule has 6 nitrogen and oxygen atoms in total. The molecular weight excluding hydrogens is 462 g/mol. The van der Waals surface area contributed by atoms with E-state index in [0.717, 1.165) is 16.6 Å². The minimum Gasteiger partial charge on any atom is -0.493 e. The van der Waals surface area contributed by atoms with Crippen molar-refractivity contribution < 1.29 is 24.1 Å². The summed E-state index contributed by atoms with van der Waals surface area (Å²) < 4.78 is 23.0. The van der Waals surface area contributed by atoms with E-state index in [4.69, 9.17) is 18.9 Å². The molecule has 2 N–H and O–H groups in total. The quantitative estimate of drug-likeness (QED) is 0.500. The van der Waals surface area contributed by atoms with Gasteiger partial charge in [0.1, 0.15) is 12.7 Å². The number of hydrogen-bond acceptors (Lipinski definition) is 6. The zero-order valence-electron chi connectivity index (χ0n) is 17.9. The molecule has 0 radical (unpaired) electrons. The first-order valence-corrected chi connectivity index (χ1v) is 11.7. The van der Waals surface area contributed by atoms with Crippen LogP contribution >= 0.6 is 15.9 Å². The molecule has 0 spiro atoms. The maximum absolute atomic E-state index is 10.6. The van der Waals surface area contributed by atoms with Crippen LogP contribution in [0.3, 0.4) is 0 Å². The third-order valence-electron chi connectivity index (χ3n) is 5.91. The summed E-state index contributed by atoms with van der Waals surface area (Å²) in [6.45, 7) is 1.09. The molecule has 1 unspecified atom stereocenters. The molecule has 1 aliphatic carbocycles. The number of rotatable bonds is 8. The fourth-order valence-electron chi connectivity index (χ4n) is 4.14. The second kappa shape index (κ2) is 10.6. The average Bonchev–Trinajstić information content (AvgIpc) is 3.10. The van der Waals surface area contributed by atoms with Gasteiger partial charge in [-0.1, -0.05) is 31.7 Å². The van der Waals surface area contributed by atoms with E-state index in [2.05, 4.69) is 27.3 Å². The number of fused-ring (bicyclic) bond motifs is 1. The summed E-state index contributed by atoms with van der Waals surface area (Å²) in [5, 5.41) is 14.3. The number of ether oxygens (including phenoxy) is 4. The highest BCUT2D eigenvalue weighted by Gasteiger charge is 2.19. The van der Waals surface area contributed by atoms with Crippen molar-refractivity contribution in [3.05, 3.63) is 45.9 Å². The van der Waals surface area contributed by atoms with Crippen molar-refractivity contribution in [1.82, 2.24) is 5.32 Å². The van der Waals surface area contributed by atoms with E-state index in [0.29, 0.717) is 34.6 Å². The van der Waals surface area contributed by atoms with Crippen LogP contribution in [0, 0.1) is 0 Å². The van der Waals surface area contributed by atoms with Crippen LogP contribution in [0.25, 0.3) is 0 Å². The van der Waals surface area contributed by atoms with E-state index in [1.807, 2.05) is 12.1 Å². The maximum Gasteiger partial charge on any atom is 0.231 e. The van der Waals surface area contributed by atoms with Gasteiger partial charge in [-0.2, -0.15) is 0 Å². The smallest absolute Gasteiger partial charge is 0.231 e. The molecule has 0 aromatic heterocycles. The minimum atomic E-state index is -0.803. The number of aliphatic hydroxyl groups excluding tert-OH is 1.